The third kappa shape index (κ3) is 5.02. The lowest BCUT2D eigenvalue weighted by molar-refractivity contribution is 1.22. The SMILES string of the molecule is C=C/C=C(\C=C/C)C(=C)/C=C\CC. The maximum atomic E-state index is 3.98. The Balaban J connectivity index is 4.56. The van der Waals surface area contributed by atoms with Crippen molar-refractivity contribution >= 4 is 0 Å². The van der Waals surface area contributed by atoms with Gasteiger partial charge in [-0.1, -0.05) is 56.5 Å². The fourth-order valence-corrected chi connectivity index (χ4v) is 0.932. The summed E-state index contributed by atoms with van der Waals surface area (Å²) in [5.41, 5.74) is 2.14. The fourth-order valence-electron chi connectivity index (χ4n) is 0.932. The molecule has 0 saturated heterocycles. The van der Waals surface area contributed by atoms with Crippen molar-refractivity contribution in [1.29, 1.82) is 0 Å². The minimum absolute atomic E-state index is 1.03. The average Bonchev–Trinajstić information content (AvgIpc) is 2.14. The fraction of sp³-hybridized carbons (Fsp3) is 0.231. The van der Waals surface area contributed by atoms with Crippen LogP contribution < -0.4 is 0 Å². The highest BCUT2D eigenvalue weighted by atomic mass is 14.0. The Labute approximate surface area is 81.7 Å². The number of hydrogen-bond acceptors (Lipinski definition) is 0. The molecule has 0 spiro atoms. The molecule has 0 aliphatic carbocycles. The second-order valence-corrected chi connectivity index (χ2v) is 2.69. The van der Waals surface area contributed by atoms with Crippen LogP contribution in [0.25, 0.3) is 0 Å². The van der Waals surface area contributed by atoms with Gasteiger partial charge in [0.25, 0.3) is 0 Å². The van der Waals surface area contributed by atoms with Gasteiger partial charge in [-0.2, -0.15) is 0 Å². The molecule has 0 aliphatic rings. The lowest BCUT2D eigenvalue weighted by Crippen LogP contribution is -1.79. The molecule has 0 heteroatoms. The van der Waals surface area contributed by atoms with Crippen LogP contribution in [0.15, 0.2) is 60.8 Å². The molecule has 0 atom stereocenters. The van der Waals surface area contributed by atoms with E-state index < -0.39 is 0 Å². The summed E-state index contributed by atoms with van der Waals surface area (Å²) in [5, 5.41) is 0. The summed E-state index contributed by atoms with van der Waals surface area (Å²) in [7, 11) is 0. The van der Waals surface area contributed by atoms with Crippen molar-refractivity contribution in [3.8, 4) is 0 Å². The highest BCUT2D eigenvalue weighted by molar-refractivity contribution is 5.45. The molecule has 0 fully saturated rings. The average molecular weight is 174 g/mol. The second-order valence-electron chi connectivity index (χ2n) is 2.69. The van der Waals surface area contributed by atoms with Gasteiger partial charge >= 0.3 is 0 Å². The zero-order chi connectivity index (χ0) is 10.1. The Kier molecular flexibility index (Phi) is 6.62. The third-order valence-electron chi connectivity index (χ3n) is 1.57. The number of hydrogen-bond donors (Lipinski definition) is 0. The van der Waals surface area contributed by atoms with Crippen molar-refractivity contribution in [2.45, 2.75) is 20.3 Å². The molecule has 0 aromatic heterocycles. The van der Waals surface area contributed by atoms with Crippen LogP contribution in [-0.2, 0) is 0 Å². The molecule has 0 aromatic rings. The maximum Gasteiger partial charge on any atom is -0.0194 e. The van der Waals surface area contributed by atoms with Gasteiger partial charge in [0.15, 0.2) is 0 Å². The molecule has 0 bridgehead atoms. The molecule has 0 radical (unpaired) electrons. The zero-order valence-electron chi connectivity index (χ0n) is 8.59. The molecule has 0 amide bonds. The Morgan fingerprint density at radius 1 is 1.31 bits per heavy atom. The topological polar surface area (TPSA) is 0 Å². The molecule has 0 heterocycles. The summed E-state index contributed by atoms with van der Waals surface area (Å²) in [6.45, 7) is 11.7. The van der Waals surface area contributed by atoms with Gasteiger partial charge in [0, 0.05) is 0 Å². The molecule has 0 rings (SSSR count). The minimum Gasteiger partial charge on any atom is -0.0990 e. The Bertz CT molecular complexity index is 249. The maximum absolute atomic E-state index is 3.98. The summed E-state index contributed by atoms with van der Waals surface area (Å²) in [6.07, 6.45) is 12.9. The second kappa shape index (κ2) is 7.35. The van der Waals surface area contributed by atoms with Crippen LogP contribution >= 0.6 is 0 Å². The molecule has 0 aliphatic heterocycles. The Morgan fingerprint density at radius 2 is 2.00 bits per heavy atom. The van der Waals surface area contributed by atoms with E-state index >= 15 is 0 Å². The molecule has 0 N–H and O–H groups in total. The summed E-state index contributed by atoms with van der Waals surface area (Å²) in [6, 6.07) is 0. The van der Waals surface area contributed by atoms with Crippen molar-refractivity contribution in [2.24, 2.45) is 0 Å². The van der Waals surface area contributed by atoms with E-state index in [0.717, 1.165) is 17.6 Å². The van der Waals surface area contributed by atoms with Crippen molar-refractivity contribution in [2.75, 3.05) is 0 Å². The third-order valence-corrected chi connectivity index (χ3v) is 1.57. The van der Waals surface area contributed by atoms with Crippen LogP contribution in [0.4, 0.5) is 0 Å². The lowest BCUT2D eigenvalue weighted by Gasteiger charge is -1.99. The standard InChI is InChI=1S/C13H18/c1-5-8-11-12(4)13(9-6-2)10-7-3/h6-11H,2,4-5H2,1,3H3/b10-7-,11-8-,13-9+. The highest BCUT2D eigenvalue weighted by Crippen LogP contribution is 2.11. The van der Waals surface area contributed by atoms with Crippen molar-refractivity contribution in [3.63, 3.8) is 0 Å². The van der Waals surface area contributed by atoms with E-state index in [0.29, 0.717) is 0 Å². The van der Waals surface area contributed by atoms with E-state index in [1.165, 1.54) is 0 Å². The van der Waals surface area contributed by atoms with Crippen LogP contribution in [0.2, 0.25) is 0 Å². The molecule has 13 heavy (non-hydrogen) atoms. The van der Waals surface area contributed by atoms with Gasteiger partial charge < -0.3 is 0 Å². The molecular weight excluding hydrogens is 156 g/mol. The first-order valence-electron chi connectivity index (χ1n) is 4.57. The Hall–Kier alpha value is -1.30. The molecular formula is C13H18. The van der Waals surface area contributed by atoms with Gasteiger partial charge in [-0.3, -0.25) is 0 Å². The molecule has 0 aromatic carbocycles. The van der Waals surface area contributed by atoms with Crippen LogP contribution in [0.1, 0.15) is 20.3 Å². The van der Waals surface area contributed by atoms with Crippen LogP contribution in [0, 0.1) is 0 Å². The van der Waals surface area contributed by atoms with Gasteiger partial charge in [0.1, 0.15) is 0 Å². The minimum atomic E-state index is 1.03. The van der Waals surface area contributed by atoms with Crippen LogP contribution in [0.5, 0.6) is 0 Å². The van der Waals surface area contributed by atoms with Gasteiger partial charge in [-0.05, 0) is 24.5 Å². The summed E-state index contributed by atoms with van der Waals surface area (Å²) >= 11 is 0. The van der Waals surface area contributed by atoms with Gasteiger partial charge in [0.2, 0.25) is 0 Å². The zero-order valence-corrected chi connectivity index (χ0v) is 8.59. The molecule has 0 nitrogen and oxygen atoms in total. The van der Waals surface area contributed by atoms with E-state index in [9.17, 15) is 0 Å². The van der Waals surface area contributed by atoms with Crippen LogP contribution in [0.3, 0.4) is 0 Å². The normalized spacial score (nSPS) is 12.6. The van der Waals surface area contributed by atoms with Crippen molar-refractivity contribution in [3.05, 3.63) is 60.8 Å². The quantitative estimate of drug-likeness (QED) is 0.548. The number of rotatable bonds is 5. The summed E-state index contributed by atoms with van der Waals surface area (Å²) < 4.78 is 0. The summed E-state index contributed by atoms with van der Waals surface area (Å²) in [4.78, 5) is 0. The predicted molar refractivity (Wildman–Crippen MR) is 61.7 cm³/mol. The predicted octanol–water partition coefficient (Wildman–Crippen LogP) is 4.20. The van der Waals surface area contributed by atoms with E-state index in [-0.39, 0.29) is 0 Å². The lowest BCUT2D eigenvalue weighted by atomic mass is 10.1. The van der Waals surface area contributed by atoms with Gasteiger partial charge in [-0.15, -0.1) is 0 Å². The molecule has 0 saturated carbocycles. The van der Waals surface area contributed by atoms with E-state index in [4.69, 9.17) is 0 Å². The smallest absolute Gasteiger partial charge is 0.0194 e. The highest BCUT2D eigenvalue weighted by Gasteiger charge is 1.91. The van der Waals surface area contributed by atoms with E-state index in [1.54, 1.807) is 6.08 Å². The monoisotopic (exact) mass is 174 g/mol. The first-order chi connectivity index (χ1) is 6.26. The Morgan fingerprint density at radius 3 is 2.46 bits per heavy atom. The molecule has 0 unspecified atom stereocenters. The summed E-state index contributed by atoms with van der Waals surface area (Å²) in [5.74, 6) is 0. The van der Waals surface area contributed by atoms with E-state index in [1.807, 2.05) is 31.2 Å². The first-order valence-corrected chi connectivity index (χ1v) is 4.57. The first kappa shape index (κ1) is 11.7. The van der Waals surface area contributed by atoms with Gasteiger partial charge in [0.05, 0.1) is 0 Å². The molecule has 70 valence electrons. The van der Waals surface area contributed by atoms with Crippen LogP contribution in [-0.4, -0.2) is 0 Å². The largest absolute Gasteiger partial charge is 0.0990 e. The number of allylic oxidation sites excluding steroid dienone is 8. The van der Waals surface area contributed by atoms with Crippen molar-refractivity contribution in [1.82, 2.24) is 0 Å². The van der Waals surface area contributed by atoms with Gasteiger partial charge in [-0.25, -0.2) is 0 Å². The van der Waals surface area contributed by atoms with Crippen molar-refractivity contribution < 1.29 is 0 Å². The van der Waals surface area contributed by atoms with E-state index in [2.05, 4.69) is 26.2 Å².